The lowest BCUT2D eigenvalue weighted by molar-refractivity contribution is -0.115. The fraction of sp³-hybridized carbons (Fsp3) is 0.233. The average molecular weight is 528 g/mol. The standard InChI is InChI=1S/C30H30FN5OS/c1-5-27(37)33-25-13-12-23(15-18(25)2)36-29(28(34-30(36)38)26-11-6-7-14-32-26)24-16-19(3)35(20(24)4)22-10-8-9-21(31)17-22/h6-17,28-29H,5H2,1-4H3,(H,33,37)(H,34,38)/t28-,29+/m0/s1. The van der Waals surface area contributed by atoms with Crippen LogP contribution in [0.1, 0.15) is 53.6 Å². The van der Waals surface area contributed by atoms with E-state index in [1.807, 2.05) is 63.2 Å². The first kappa shape index (κ1) is 25.6. The summed E-state index contributed by atoms with van der Waals surface area (Å²) in [6.45, 7) is 7.88. The molecule has 5 rings (SSSR count). The van der Waals surface area contributed by atoms with Gasteiger partial charge in [-0.25, -0.2) is 4.39 Å². The minimum atomic E-state index is -0.279. The van der Waals surface area contributed by atoms with Gasteiger partial charge in [-0.3, -0.25) is 9.78 Å². The van der Waals surface area contributed by atoms with E-state index in [1.54, 1.807) is 18.3 Å². The number of aryl methyl sites for hydroxylation is 2. The van der Waals surface area contributed by atoms with E-state index in [-0.39, 0.29) is 23.8 Å². The first-order valence-corrected chi connectivity index (χ1v) is 13.0. The molecule has 0 spiro atoms. The second kappa shape index (κ2) is 10.4. The zero-order valence-electron chi connectivity index (χ0n) is 21.8. The summed E-state index contributed by atoms with van der Waals surface area (Å²) < 4.78 is 16.2. The molecule has 0 aliphatic carbocycles. The van der Waals surface area contributed by atoms with Crippen LogP contribution in [-0.4, -0.2) is 20.6 Å². The Bertz CT molecular complexity index is 1520. The molecule has 1 aliphatic heterocycles. The molecule has 1 fully saturated rings. The van der Waals surface area contributed by atoms with Crippen molar-refractivity contribution in [3.63, 3.8) is 0 Å². The van der Waals surface area contributed by atoms with E-state index >= 15 is 0 Å². The van der Waals surface area contributed by atoms with Gasteiger partial charge in [0.25, 0.3) is 0 Å². The maximum atomic E-state index is 14.1. The third-order valence-corrected chi connectivity index (χ3v) is 7.35. The van der Waals surface area contributed by atoms with Crippen LogP contribution in [0, 0.1) is 26.6 Å². The molecule has 2 aromatic heterocycles. The molecule has 8 heteroatoms. The van der Waals surface area contributed by atoms with Crippen molar-refractivity contribution in [1.82, 2.24) is 14.9 Å². The highest BCUT2D eigenvalue weighted by Gasteiger charge is 2.42. The van der Waals surface area contributed by atoms with Gasteiger partial charge in [-0.15, -0.1) is 0 Å². The van der Waals surface area contributed by atoms with Crippen LogP contribution in [-0.2, 0) is 4.79 Å². The minimum Gasteiger partial charge on any atom is -0.351 e. The molecule has 1 aliphatic rings. The Morgan fingerprint density at radius 3 is 2.55 bits per heavy atom. The highest BCUT2D eigenvalue weighted by Crippen LogP contribution is 2.44. The number of aromatic nitrogens is 2. The third-order valence-electron chi connectivity index (χ3n) is 7.04. The summed E-state index contributed by atoms with van der Waals surface area (Å²) in [6.07, 6.45) is 2.20. The van der Waals surface area contributed by atoms with E-state index in [9.17, 15) is 9.18 Å². The van der Waals surface area contributed by atoms with Gasteiger partial charge >= 0.3 is 0 Å². The number of thiocarbonyl (C=S) groups is 1. The van der Waals surface area contributed by atoms with Gasteiger partial charge in [0.2, 0.25) is 5.91 Å². The van der Waals surface area contributed by atoms with E-state index in [2.05, 4.69) is 38.1 Å². The third kappa shape index (κ3) is 4.67. The lowest BCUT2D eigenvalue weighted by Crippen LogP contribution is -2.29. The number of rotatable bonds is 6. The van der Waals surface area contributed by atoms with Gasteiger partial charge in [-0.2, -0.15) is 0 Å². The maximum Gasteiger partial charge on any atom is 0.224 e. The van der Waals surface area contributed by atoms with Crippen LogP contribution in [0.15, 0.2) is 72.9 Å². The zero-order chi connectivity index (χ0) is 27.0. The van der Waals surface area contributed by atoms with Gasteiger partial charge in [-0.05, 0) is 98.7 Å². The summed E-state index contributed by atoms with van der Waals surface area (Å²) in [5, 5.41) is 7.05. The fourth-order valence-corrected chi connectivity index (χ4v) is 5.57. The summed E-state index contributed by atoms with van der Waals surface area (Å²) in [7, 11) is 0. The number of hydrogen-bond acceptors (Lipinski definition) is 3. The quantitative estimate of drug-likeness (QED) is 0.282. The summed E-state index contributed by atoms with van der Waals surface area (Å²) in [5.74, 6) is -0.309. The number of hydrogen-bond donors (Lipinski definition) is 2. The Kier molecular flexibility index (Phi) is 6.99. The molecule has 0 bridgehead atoms. The molecule has 2 N–H and O–H groups in total. The van der Waals surface area contributed by atoms with Crippen molar-refractivity contribution in [3.05, 3.63) is 107 Å². The van der Waals surface area contributed by atoms with Gasteiger partial charge in [-0.1, -0.05) is 19.1 Å². The number of carbonyl (C=O) groups is 1. The number of benzene rings is 2. The van der Waals surface area contributed by atoms with E-state index < -0.39 is 0 Å². The second-order valence-electron chi connectivity index (χ2n) is 9.54. The monoisotopic (exact) mass is 527 g/mol. The van der Waals surface area contributed by atoms with Gasteiger partial charge in [0.05, 0.1) is 17.8 Å². The van der Waals surface area contributed by atoms with Crippen molar-refractivity contribution >= 4 is 34.6 Å². The summed E-state index contributed by atoms with van der Waals surface area (Å²) in [5.41, 5.74) is 7.34. The maximum absolute atomic E-state index is 14.1. The molecule has 1 saturated heterocycles. The van der Waals surface area contributed by atoms with Crippen LogP contribution in [0.25, 0.3) is 5.69 Å². The number of carbonyl (C=O) groups excluding carboxylic acids is 1. The number of nitrogens with one attached hydrogen (secondary N) is 2. The average Bonchev–Trinajstić information content (AvgIpc) is 3.40. The van der Waals surface area contributed by atoms with E-state index in [0.717, 1.165) is 45.3 Å². The Labute approximate surface area is 227 Å². The van der Waals surface area contributed by atoms with E-state index in [4.69, 9.17) is 12.2 Å². The SMILES string of the molecule is CCC(=O)Nc1ccc(N2C(=S)N[C@@H](c3ccccn3)[C@H]2c2cc(C)n(-c3cccc(F)c3)c2C)cc1C. The number of anilines is 2. The molecule has 3 heterocycles. The molecule has 0 saturated carbocycles. The van der Waals surface area contributed by atoms with Gasteiger partial charge in [0.15, 0.2) is 5.11 Å². The predicted molar refractivity (Wildman–Crippen MR) is 153 cm³/mol. The molecule has 0 unspecified atom stereocenters. The van der Waals surface area contributed by atoms with Gasteiger partial charge in [0.1, 0.15) is 5.82 Å². The number of pyridine rings is 1. The van der Waals surface area contributed by atoms with Crippen molar-refractivity contribution in [2.24, 2.45) is 0 Å². The van der Waals surface area contributed by atoms with E-state index in [0.29, 0.717) is 11.5 Å². The van der Waals surface area contributed by atoms with Crippen LogP contribution in [0.4, 0.5) is 15.8 Å². The lowest BCUT2D eigenvalue weighted by Gasteiger charge is -2.29. The van der Waals surface area contributed by atoms with Crippen LogP contribution >= 0.6 is 12.2 Å². The molecule has 194 valence electrons. The predicted octanol–water partition coefficient (Wildman–Crippen LogP) is 6.46. The van der Waals surface area contributed by atoms with Crippen LogP contribution < -0.4 is 15.5 Å². The number of amides is 1. The van der Waals surface area contributed by atoms with Gasteiger partial charge < -0.3 is 20.1 Å². The molecular formula is C30H30FN5OS. The molecule has 0 radical (unpaired) electrons. The summed E-state index contributed by atoms with van der Waals surface area (Å²) in [6, 6.07) is 20.2. The molecule has 4 aromatic rings. The Morgan fingerprint density at radius 2 is 1.87 bits per heavy atom. The molecular weight excluding hydrogens is 497 g/mol. The largest absolute Gasteiger partial charge is 0.351 e. The molecule has 2 aromatic carbocycles. The minimum absolute atomic E-state index is 0.0305. The van der Waals surface area contributed by atoms with Crippen molar-refractivity contribution in [2.75, 3.05) is 10.2 Å². The lowest BCUT2D eigenvalue weighted by atomic mass is 9.96. The Hall–Kier alpha value is -4.04. The van der Waals surface area contributed by atoms with Crippen molar-refractivity contribution in [2.45, 2.75) is 46.2 Å². The highest BCUT2D eigenvalue weighted by atomic mass is 32.1. The van der Waals surface area contributed by atoms with Crippen molar-refractivity contribution < 1.29 is 9.18 Å². The first-order chi connectivity index (χ1) is 18.3. The van der Waals surface area contributed by atoms with Crippen LogP contribution in [0.2, 0.25) is 0 Å². The van der Waals surface area contributed by atoms with E-state index in [1.165, 1.54) is 6.07 Å². The number of halogens is 1. The molecule has 6 nitrogen and oxygen atoms in total. The first-order valence-electron chi connectivity index (χ1n) is 12.6. The fourth-order valence-electron chi connectivity index (χ4n) is 5.23. The highest BCUT2D eigenvalue weighted by molar-refractivity contribution is 7.80. The van der Waals surface area contributed by atoms with Crippen molar-refractivity contribution in [1.29, 1.82) is 0 Å². The Balaban J connectivity index is 1.64. The van der Waals surface area contributed by atoms with Crippen LogP contribution in [0.5, 0.6) is 0 Å². The topological polar surface area (TPSA) is 62.2 Å². The van der Waals surface area contributed by atoms with Gasteiger partial charge in [0, 0.05) is 41.1 Å². The second-order valence-corrected chi connectivity index (χ2v) is 9.93. The number of nitrogens with zero attached hydrogens (tertiary/aromatic N) is 3. The molecule has 2 atom stereocenters. The van der Waals surface area contributed by atoms with Crippen LogP contribution in [0.3, 0.4) is 0 Å². The molecule has 1 amide bonds. The smallest absolute Gasteiger partial charge is 0.224 e. The molecule has 38 heavy (non-hydrogen) atoms. The Morgan fingerprint density at radius 1 is 1.05 bits per heavy atom. The zero-order valence-corrected chi connectivity index (χ0v) is 22.6. The summed E-state index contributed by atoms with van der Waals surface area (Å²) >= 11 is 5.90. The van der Waals surface area contributed by atoms with Crippen molar-refractivity contribution in [3.8, 4) is 5.69 Å². The summed E-state index contributed by atoms with van der Waals surface area (Å²) in [4.78, 5) is 18.8. The normalized spacial score (nSPS) is 17.0.